The Bertz CT molecular complexity index is 754. The second-order valence-electron chi connectivity index (χ2n) is 6.07. The molecule has 0 bridgehead atoms. The maximum Gasteiger partial charge on any atom is 0.256 e. The van der Waals surface area contributed by atoms with Gasteiger partial charge in [-0.3, -0.25) is 4.79 Å². The number of piperidine rings is 1. The van der Waals surface area contributed by atoms with Gasteiger partial charge in [0.05, 0.1) is 22.5 Å². The molecule has 2 aromatic rings. The Morgan fingerprint density at radius 3 is 2.52 bits per heavy atom. The number of rotatable bonds is 2. The minimum Gasteiger partial charge on any atom is -0.338 e. The number of nitrogens with one attached hydrogen (secondary N) is 1. The highest BCUT2D eigenvalue weighted by Crippen LogP contribution is 2.22. The third kappa shape index (κ3) is 3.03. The highest BCUT2D eigenvalue weighted by molar-refractivity contribution is 6.04. The molecule has 1 aromatic heterocycles. The van der Waals surface area contributed by atoms with Crippen LogP contribution in [0.5, 0.6) is 0 Å². The summed E-state index contributed by atoms with van der Waals surface area (Å²) in [5.74, 6) is -0.620. The van der Waals surface area contributed by atoms with Crippen LogP contribution in [0, 0.1) is 19.7 Å². The molecule has 1 amide bonds. The monoisotopic (exact) mass is 316 g/mol. The Labute approximate surface area is 134 Å². The molecule has 5 nitrogen and oxygen atoms in total. The van der Waals surface area contributed by atoms with Gasteiger partial charge in [0.1, 0.15) is 11.3 Å². The number of hydrogen-bond acceptors (Lipinski definition) is 4. The van der Waals surface area contributed by atoms with E-state index in [9.17, 15) is 9.18 Å². The molecule has 23 heavy (non-hydrogen) atoms. The molecule has 0 saturated carbocycles. The molecular formula is C17H21FN4O. The summed E-state index contributed by atoms with van der Waals surface area (Å²) >= 11 is 0. The molecule has 1 aliphatic rings. The maximum absolute atomic E-state index is 13.9. The zero-order valence-corrected chi connectivity index (χ0v) is 13.7. The van der Waals surface area contributed by atoms with Crippen molar-refractivity contribution >= 4 is 16.9 Å². The van der Waals surface area contributed by atoms with Gasteiger partial charge in [0.15, 0.2) is 0 Å². The Balaban J connectivity index is 1.98. The van der Waals surface area contributed by atoms with Gasteiger partial charge >= 0.3 is 0 Å². The third-order valence-corrected chi connectivity index (χ3v) is 4.57. The average molecular weight is 316 g/mol. The first-order valence-corrected chi connectivity index (χ1v) is 7.90. The lowest BCUT2D eigenvalue weighted by atomic mass is 10.0. The lowest BCUT2D eigenvalue weighted by Gasteiger charge is -2.32. The quantitative estimate of drug-likeness (QED) is 0.923. The molecule has 3 rings (SSSR count). The van der Waals surface area contributed by atoms with Crippen molar-refractivity contribution in [2.75, 3.05) is 20.1 Å². The first-order valence-electron chi connectivity index (χ1n) is 7.90. The second-order valence-corrected chi connectivity index (χ2v) is 6.07. The average Bonchev–Trinajstić information content (AvgIpc) is 2.55. The highest BCUT2D eigenvalue weighted by Gasteiger charge is 2.25. The molecule has 0 atom stereocenters. The summed E-state index contributed by atoms with van der Waals surface area (Å²) in [6.45, 7) is 5.01. The van der Waals surface area contributed by atoms with E-state index in [1.165, 1.54) is 12.1 Å². The highest BCUT2D eigenvalue weighted by atomic mass is 19.1. The number of hydrogen-bond donors (Lipinski definition) is 1. The Kier molecular flexibility index (Phi) is 4.26. The summed E-state index contributed by atoms with van der Waals surface area (Å²) in [7, 11) is 1.93. The number of halogens is 1. The molecule has 1 saturated heterocycles. The van der Waals surface area contributed by atoms with E-state index in [0.717, 1.165) is 24.2 Å². The van der Waals surface area contributed by atoms with Gasteiger partial charge in [-0.15, -0.1) is 0 Å². The van der Waals surface area contributed by atoms with Gasteiger partial charge in [-0.1, -0.05) is 0 Å². The van der Waals surface area contributed by atoms with Gasteiger partial charge in [0, 0.05) is 25.2 Å². The Morgan fingerprint density at radius 1 is 1.22 bits per heavy atom. The lowest BCUT2D eigenvalue weighted by molar-refractivity contribution is 0.0708. The number of aromatic nitrogens is 2. The molecule has 0 spiro atoms. The van der Waals surface area contributed by atoms with Crippen molar-refractivity contribution in [1.82, 2.24) is 20.2 Å². The van der Waals surface area contributed by atoms with Crippen LogP contribution in [-0.4, -0.2) is 47.0 Å². The van der Waals surface area contributed by atoms with Gasteiger partial charge in [-0.05, 0) is 39.8 Å². The van der Waals surface area contributed by atoms with E-state index in [0.29, 0.717) is 35.7 Å². The predicted octanol–water partition coefficient (Wildman–Crippen LogP) is 2.21. The number of fused-ring (bicyclic) bond motifs is 1. The molecule has 1 N–H and O–H groups in total. The van der Waals surface area contributed by atoms with Crippen molar-refractivity contribution < 1.29 is 9.18 Å². The van der Waals surface area contributed by atoms with E-state index in [2.05, 4.69) is 15.3 Å². The van der Waals surface area contributed by atoms with E-state index < -0.39 is 5.82 Å². The summed E-state index contributed by atoms with van der Waals surface area (Å²) < 4.78 is 13.9. The number of carbonyl (C=O) groups is 1. The SMILES string of the molecule is CNC1CCN(C(=O)c2cc(F)cc3nc(C)c(C)nc23)CC1. The van der Waals surface area contributed by atoms with Crippen LogP contribution in [0.25, 0.3) is 11.0 Å². The molecule has 1 aliphatic heterocycles. The smallest absolute Gasteiger partial charge is 0.256 e. The van der Waals surface area contributed by atoms with Crippen molar-refractivity contribution in [3.8, 4) is 0 Å². The molecule has 0 radical (unpaired) electrons. The van der Waals surface area contributed by atoms with E-state index in [4.69, 9.17) is 0 Å². The standard InChI is InChI=1S/C17H21FN4O/c1-10-11(2)21-16-14(8-12(18)9-15(16)20-10)17(23)22-6-4-13(19-3)5-7-22/h8-9,13,19H,4-7H2,1-3H3. The van der Waals surface area contributed by atoms with E-state index in [-0.39, 0.29) is 5.91 Å². The van der Waals surface area contributed by atoms with Crippen LogP contribution in [0.4, 0.5) is 4.39 Å². The number of amides is 1. The van der Waals surface area contributed by atoms with Crippen molar-refractivity contribution in [2.45, 2.75) is 32.7 Å². The second kappa shape index (κ2) is 6.20. The lowest BCUT2D eigenvalue weighted by Crippen LogP contribution is -2.44. The Hall–Kier alpha value is -2.08. The number of nitrogens with zero attached hydrogens (tertiary/aromatic N) is 3. The largest absolute Gasteiger partial charge is 0.338 e. The van der Waals surface area contributed by atoms with Crippen LogP contribution in [-0.2, 0) is 0 Å². The summed E-state index contributed by atoms with van der Waals surface area (Å²) in [6, 6.07) is 3.05. The van der Waals surface area contributed by atoms with Crippen LogP contribution in [0.2, 0.25) is 0 Å². The number of aryl methyl sites for hydroxylation is 2. The van der Waals surface area contributed by atoms with Crippen LogP contribution >= 0.6 is 0 Å². The fourth-order valence-corrected chi connectivity index (χ4v) is 3.00. The first kappa shape index (κ1) is 15.8. The van der Waals surface area contributed by atoms with Gasteiger partial charge < -0.3 is 10.2 Å². The van der Waals surface area contributed by atoms with E-state index >= 15 is 0 Å². The van der Waals surface area contributed by atoms with Crippen LogP contribution in [0.3, 0.4) is 0 Å². The molecule has 0 unspecified atom stereocenters. The van der Waals surface area contributed by atoms with E-state index in [1.807, 2.05) is 20.9 Å². The number of benzene rings is 1. The topological polar surface area (TPSA) is 58.1 Å². The zero-order chi connectivity index (χ0) is 16.6. The van der Waals surface area contributed by atoms with E-state index in [1.54, 1.807) is 4.90 Å². The molecule has 2 heterocycles. The maximum atomic E-state index is 13.9. The van der Waals surface area contributed by atoms with Crippen molar-refractivity contribution in [1.29, 1.82) is 0 Å². The van der Waals surface area contributed by atoms with Crippen LogP contribution < -0.4 is 5.32 Å². The molecule has 1 aromatic carbocycles. The number of carbonyl (C=O) groups excluding carboxylic acids is 1. The molecule has 122 valence electrons. The van der Waals surface area contributed by atoms with Crippen molar-refractivity contribution in [2.24, 2.45) is 0 Å². The first-order chi connectivity index (χ1) is 11.0. The summed E-state index contributed by atoms with van der Waals surface area (Å²) in [4.78, 5) is 23.4. The third-order valence-electron chi connectivity index (χ3n) is 4.57. The van der Waals surface area contributed by atoms with Gasteiger partial charge in [-0.2, -0.15) is 0 Å². The van der Waals surface area contributed by atoms with Gasteiger partial charge in [0.2, 0.25) is 0 Å². The summed E-state index contributed by atoms with van der Waals surface area (Å²) in [5, 5.41) is 3.24. The minimum absolute atomic E-state index is 0.165. The molecule has 6 heteroatoms. The fourth-order valence-electron chi connectivity index (χ4n) is 3.00. The molecular weight excluding hydrogens is 295 g/mol. The van der Waals surface area contributed by atoms with Crippen LogP contribution in [0.15, 0.2) is 12.1 Å². The fraction of sp³-hybridized carbons (Fsp3) is 0.471. The normalized spacial score (nSPS) is 16.1. The van der Waals surface area contributed by atoms with Gasteiger partial charge in [-0.25, -0.2) is 14.4 Å². The Morgan fingerprint density at radius 2 is 1.87 bits per heavy atom. The van der Waals surface area contributed by atoms with Crippen molar-refractivity contribution in [3.63, 3.8) is 0 Å². The van der Waals surface area contributed by atoms with Gasteiger partial charge in [0.25, 0.3) is 5.91 Å². The van der Waals surface area contributed by atoms with Crippen LogP contribution in [0.1, 0.15) is 34.6 Å². The molecule has 0 aliphatic carbocycles. The summed E-state index contributed by atoms with van der Waals surface area (Å²) in [6.07, 6.45) is 1.80. The summed E-state index contributed by atoms with van der Waals surface area (Å²) in [5.41, 5.74) is 2.72. The molecule has 1 fully saturated rings. The van der Waals surface area contributed by atoms with Crippen molar-refractivity contribution in [3.05, 3.63) is 34.9 Å². The minimum atomic E-state index is -0.455. The number of likely N-dealkylation sites (tertiary alicyclic amines) is 1. The predicted molar refractivity (Wildman–Crippen MR) is 87.0 cm³/mol. The zero-order valence-electron chi connectivity index (χ0n) is 13.7.